The maximum Gasteiger partial charge on any atom is 0.240 e. The van der Waals surface area contributed by atoms with Gasteiger partial charge in [-0.05, 0) is 53.8 Å². The molecule has 4 nitrogen and oxygen atoms in total. The van der Waals surface area contributed by atoms with E-state index in [1.54, 1.807) is 24.3 Å². The van der Waals surface area contributed by atoms with Crippen molar-refractivity contribution in [1.29, 1.82) is 0 Å². The maximum absolute atomic E-state index is 12.3. The second-order valence-corrected chi connectivity index (χ2v) is 9.11. The summed E-state index contributed by atoms with van der Waals surface area (Å²) in [5.74, 6) is 0.663. The van der Waals surface area contributed by atoms with Gasteiger partial charge in [-0.25, -0.2) is 13.1 Å². The van der Waals surface area contributed by atoms with E-state index in [1.165, 1.54) is 0 Å². The van der Waals surface area contributed by atoms with Crippen molar-refractivity contribution in [2.75, 3.05) is 13.2 Å². The molecular formula is C19H24ClNO3S. The Kier molecular flexibility index (Phi) is 6.14. The van der Waals surface area contributed by atoms with E-state index in [0.717, 1.165) is 11.1 Å². The van der Waals surface area contributed by atoms with Crippen LogP contribution in [0.1, 0.15) is 31.9 Å². The normalized spacial score (nSPS) is 12.2. The molecule has 0 spiro atoms. The lowest BCUT2D eigenvalue weighted by Gasteiger charge is -2.19. The van der Waals surface area contributed by atoms with Gasteiger partial charge in [0.05, 0.1) is 4.90 Å². The van der Waals surface area contributed by atoms with E-state index >= 15 is 0 Å². The number of ether oxygens (including phenoxy) is 1. The lowest BCUT2D eigenvalue weighted by Crippen LogP contribution is -2.28. The average Bonchev–Trinajstić information content (AvgIpc) is 2.54. The van der Waals surface area contributed by atoms with Gasteiger partial charge in [0.25, 0.3) is 0 Å². The van der Waals surface area contributed by atoms with Gasteiger partial charge < -0.3 is 4.74 Å². The van der Waals surface area contributed by atoms with E-state index in [4.69, 9.17) is 16.3 Å². The number of hydrogen-bond donors (Lipinski definition) is 1. The van der Waals surface area contributed by atoms with Gasteiger partial charge in [-0.15, -0.1) is 0 Å². The average molecular weight is 382 g/mol. The second-order valence-electron chi connectivity index (χ2n) is 6.93. The van der Waals surface area contributed by atoms with Crippen LogP contribution in [0.5, 0.6) is 5.75 Å². The second kappa shape index (κ2) is 7.77. The Morgan fingerprint density at radius 3 is 2.28 bits per heavy atom. The van der Waals surface area contributed by atoms with E-state index in [0.29, 0.717) is 10.8 Å². The van der Waals surface area contributed by atoms with Crippen LogP contribution in [0.2, 0.25) is 5.02 Å². The smallest absolute Gasteiger partial charge is 0.240 e. The lowest BCUT2D eigenvalue weighted by atomic mass is 9.87. The highest BCUT2D eigenvalue weighted by molar-refractivity contribution is 7.89. The Balaban J connectivity index is 1.92. The minimum atomic E-state index is -3.54. The minimum absolute atomic E-state index is 0.0136. The van der Waals surface area contributed by atoms with Gasteiger partial charge in [0.2, 0.25) is 10.0 Å². The third-order valence-electron chi connectivity index (χ3n) is 3.82. The first-order valence-corrected chi connectivity index (χ1v) is 9.95. The molecule has 0 saturated carbocycles. The number of rotatable bonds is 6. The maximum atomic E-state index is 12.3. The monoisotopic (exact) mass is 381 g/mol. The molecule has 0 fully saturated rings. The SMILES string of the molecule is Cc1cc(OCCNS(=O)(=O)c2ccc(C(C)(C)C)cc2)ccc1Cl. The van der Waals surface area contributed by atoms with Gasteiger partial charge >= 0.3 is 0 Å². The minimum Gasteiger partial charge on any atom is -0.492 e. The number of halogens is 1. The van der Waals surface area contributed by atoms with Crippen molar-refractivity contribution in [2.45, 2.75) is 38.0 Å². The summed E-state index contributed by atoms with van der Waals surface area (Å²) in [7, 11) is -3.54. The van der Waals surface area contributed by atoms with Crippen LogP contribution in [-0.2, 0) is 15.4 Å². The molecule has 0 saturated heterocycles. The van der Waals surface area contributed by atoms with Crippen molar-refractivity contribution in [3.8, 4) is 5.75 Å². The molecule has 136 valence electrons. The Labute approximate surface area is 155 Å². The molecular weight excluding hydrogens is 358 g/mol. The van der Waals surface area contributed by atoms with Gasteiger partial charge in [0, 0.05) is 11.6 Å². The largest absolute Gasteiger partial charge is 0.492 e. The number of aryl methyl sites for hydroxylation is 1. The first-order chi connectivity index (χ1) is 11.6. The van der Waals surface area contributed by atoms with Gasteiger partial charge in [-0.1, -0.05) is 44.5 Å². The van der Waals surface area contributed by atoms with Crippen molar-refractivity contribution in [3.63, 3.8) is 0 Å². The lowest BCUT2D eigenvalue weighted by molar-refractivity contribution is 0.322. The van der Waals surface area contributed by atoms with Crippen LogP contribution in [0, 0.1) is 6.92 Å². The van der Waals surface area contributed by atoms with Crippen molar-refractivity contribution in [1.82, 2.24) is 4.72 Å². The third kappa shape index (κ3) is 5.46. The van der Waals surface area contributed by atoms with Crippen LogP contribution in [0.15, 0.2) is 47.4 Å². The van der Waals surface area contributed by atoms with E-state index in [2.05, 4.69) is 25.5 Å². The van der Waals surface area contributed by atoms with Crippen LogP contribution < -0.4 is 9.46 Å². The Hall–Kier alpha value is -1.56. The number of benzene rings is 2. The summed E-state index contributed by atoms with van der Waals surface area (Å²) in [6.07, 6.45) is 0. The fraction of sp³-hybridized carbons (Fsp3) is 0.368. The van der Waals surface area contributed by atoms with E-state index in [1.807, 2.05) is 25.1 Å². The van der Waals surface area contributed by atoms with Gasteiger partial charge in [0.15, 0.2) is 0 Å². The van der Waals surface area contributed by atoms with Crippen molar-refractivity contribution in [2.24, 2.45) is 0 Å². The summed E-state index contributed by atoms with van der Waals surface area (Å²) in [6.45, 7) is 8.57. The number of hydrogen-bond acceptors (Lipinski definition) is 3. The van der Waals surface area contributed by atoms with E-state index < -0.39 is 10.0 Å². The fourth-order valence-corrected chi connectivity index (χ4v) is 3.40. The van der Waals surface area contributed by atoms with Crippen LogP contribution in [-0.4, -0.2) is 21.6 Å². The molecule has 0 atom stereocenters. The van der Waals surface area contributed by atoms with Crippen LogP contribution in [0.3, 0.4) is 0 Å². The van der Waals surface area contributed by atoms with E-state index in [9.17, 15) is 8.42 Å². The molecule has 0 aromatic heterocycles. The summed E-state index contributed by atoms with van der Waals surface area (Å²) >= 11 is 5.96. The van der Waals surface area contributed by atoms with Gasteiger partial charge in [-0.2, -0.15) is 0 Å². The summed E-state index contributed by atoms with van der Waals surface area (Å²) in [5.41, 5.74) is 1.99. The molecule has 0 bridgehead atoms. The Bertz CT molecular complexity index is 825. The molecule has 0 unspecified atom stereocenters. The molecule has 6 heteroatoms. The highest BCUT2D eigenvalue weighted by atomic mass is 35.5. The summed E-state index contributed by atoms with van der Waals surface area (Å²) in [5, 5.41) is 0.673. The summed E-state index contributed by atoms with van der Waals surface area (Å²) in [4.78, 5) is 0.253. The predicted molar refractivity (Wildman–Crippen MR) is 102 cm³/mol. The fourth-order valence-electron chi connectivity index (χ4n) is 2.27. The molecule has 0 aliphatic heterocycles. The summed E-state index contributed by atoms with van der Waals surface area (Å²) in [6, 6.07) is 12.3. The molecule has 1 N–H and O–H groups in total. The molecule has 2 aromatic carbocycles. The Morgan fingerprint density at radius 1 is 1.08 bits per heavy atom. The summed E-state index contributed by atoms with van der Waals surface area (Å²) < 4.78 is 32.7. The zero-order valence-electron chi connectivity index (χ0n) is 15.0. The highest BCUT2D eigenvalue weighted by Gasteiger charge is 2.17. The Morgan fingerprint density at radius 2 is 1.72 bits per heavy atom. The van der Waals surface area contributed by atoms with Crippen LogP contribution >= 0.6 is 11.6 Å². The zero-order valence-corrected chi connectivity index (χ0v) is 16.5. The van der Waals surface area contributed by atoms with Crippen molar-refractivity contribution < 1.29 is 13.2 Å². The van der Waals surface area contributed by atoms with Crippen LogP contribution in [0.4, 0.5) is 0 Å². The van der Waals surface area contributed by atoms with Crippen molar-refractivity contribution in [3.05, 3.63) is 58.6 Å². The predicted octanol–water partition coefficient (Wildman–Crippen LogP) is 4.30. The molecule has 2 aromatic rings. The highest BCUT2D eigenvalue weighted by Crippen LogP contribution is 2.23. The number of sulfonamides is 1. The quantitative estimate of drug-likeness (QED) is 0.759. The van der Waals surface area contributed by atoms with Crippen molar-refractivity contribution >= 4 is 21.6 Å². The zero-order chi connectivity index (χ0) is 18.7. The topological polar surface area (TPSA) is 55.4 Å². The first kappa shape index (κ1) is 19.8. The first-order valence-electron chi connectivity index (χ1n) is 8.09. The third-order valence-corrected chi connectivity index (χ3v) is 5.72. The molecule has 0 amide bonds. The number of nitrogens with one attached hydrogen (secondary N) is 1. The molecule has 0 aliphatic rings. The molecule has 0 heterocycles. The molecule has 0 radical (unpaired) electrons. The van der Waals surface area contributed by atoms with E-state index in [-0.39, 0.29) is 23.5 Å². The molecule has 0 aliphatic carbocycles. The van der Waals surface area contributed by atoms with Gasteiger partial charge in [-0.3, -0.25) is 0 Å². The van der Waals surface area contributed by atoms with Crippen LogP contribution in [0.25, 0.3) is 0 Å². The van der Waals surface area contributed by atoms with Gasteiger partial charge in [0.1, 0.15) is 12.4 Å². The molecule has 2 rings (SSSR count). The standard InChI is InChI=1S/C19H24ClNO3S/c1-14-13-16(7-10-18(14)20)24-12-11-21-25(22,23)17-8-5-15(6-9-17)19(2,3)4/h5-10,13,21H,11-12H2,1-4H3. The molecule has 25 heavy (non-hydrogen) atoms.